The van der Waals surface area contributed by atoms with Gasteiger partial charge in [0.25, 0.3) is 0 Å². The average Bonchev–Trinajstić information content (AvgIpc) is 3.15. The third-order valence-corrected chi connectivity index (χ3v) is 9.44. The van der Waals surface area contributed by atoms with Crippen molar-refractivity contribution >= 4 is 16.5 Å². The Morgan fingerprint density at radius 2 is 1.36 bits per heavy atom. The molecule has 7 rings (SSSR count). The zero-order valence-electron chi connectivity index (χ0n) is 23.7. The number of ether oxygens (including phenoxy) is 1. The quantitative estimate of drug-likeness (QED) is 0.289. The lowest BCUT2D eigenvalue weighted by Gasteiger charge is -2.51. The Bertz CT molecular complexity index is 1560. The maximum Gasteiger partial charge on any atom is 0.123 e. The van der Waals surface area contributed by atoms with Crippen LogP contribution in [-0.4, -0.2) is 31.4 Å². The molecule has 200 valence electrons. The molecule has 1 aliphatic heterocycles. The third-order valence-electron chi connectivity index (χ3n) is 9.44. The summed E-state index contributed by atoms with van der Waals surface area (Å²) in [5.41, 5.74) is 9.39. The van der Waals surface area contributed by atoms with Crippen molar-refractivity contribution in [1.82, 2.24) is 0 Å². The van der Waals surface area contributed by atoms with Gasteiger partial charge in [-0.1, -0.05) is 76.2 Å². The van der Waals surface area contributed by atoms with Gasteiger partial charge in [0.2, 0.25) is 0 Å². The highest BCUT2D eigenvalue weighted by molar-refractivity contribution is 6.06. The lowest BCUT2D eigenvalue weighted by atomic mass is 9.52. The molecule has 1 spiro atoms. The monoisotopic (exact) mass is 517 g/mol. The molecule has 3 aliphatic rings. The summed E-state index contributed by atoms with van der Waals surface area (Å²) in [6.45, 7) is 13.2. The molecule has 4 aromatic rings. The number of hydrogen-bond donors (Lipinski definition) is 1. The predicted octanol–water partition coefficient (Wildman–Crippen LogP) is 8.55. The van der Waals surface area contributed by atoms with Gasteiger partial charge in [-0.15, -0.1) is 0 Å². The van der Waals surface area contributed by atoms with Gasteiger partial charge in [-0.3, -0.25) is 0 Å². The number of fused-ring (bicyclic) bond motifs is 7. The van der Waals surface area contributed by atoms with E-state index in [1.807, 2.05) is 0 Å². The first kappa shape index (κ1) is 24.7. The number of anilines is 1. The molecular weight excluding hydrogens is 478 g/mol. The van der Waals surface area contributed by atoms with Crippen LogP contribution in [0.3, 0.4) is 0 Å². The minimum atomic E-state index is -0.0847. The second kappa shape index (κ2) is 8.60. The Labute approximate surface area is 232 Å². The number of benzene rings is 4. The summed E-state index contributed by atoms with van der Waals surface area (Å²) in [7, 11) is 0. The van der Waals surface area contributed by atoms with Crippen LogP contribution in [-0.2, 0) is 10.2 Å². The molecule has 2 fully saturated rings. The lowest BCUT2D eigenvalue weighted by Crippen LogP contribution is -2.43. The Morgan fingerprint density at radius 1 is 0.692 bits per heavy atom. The maximum absolute atomic E-state index is 11.4. The molecule has 0 radical (unpaired) electrons. The van der Waals surface area contributed by atoms with E-state index in [0.717, 1.165) is 49.9 Å². The van der Waals surface area contributed by atoms with Gasteiger partial charge in [0.1, 0.15) is 5.75 Å². The van der Waals surface area contributed by atoms with E-state index in [-0.39, 0.29) is 16.2 Å². The summed E-state index contributed by atoms with van der Waals surface area (Å²) in [6, 6.07) is 26.6. The van der Waals surface area contributed by atoms with Crippen LogP contribution >= 0.6 is 0 Å². The molecule has 0 bridgehead atoms. The van der Waals surface area contributed by atoms with Crippen molar-refractivity contribution in [3.05, 3.63) is 83.9 Å². The third kappa shape index (κ3) is 3.97. The van der Waals surface area contributed by atoms with Crippen LogP contribution in [0.4, 0.5) is 5.69 Å². The van der Waals surface area contributed by atoms with E-state index in [1.165, 1.54) is 45.5 Å². The first-order chi connectivity index (χ1) is 18.7. The number of morpholine rings is 1. The molecule has 2 aliphatic carbocycles. The van der Waals surface area contributed by atoms with Crippen molar-refractivity contribution in [3.8, 4) is 28.0 Å². The largest absolute Gasteiger partial charge is 0.507 e. The Morgan fingerprint density at radius 3 is 2.08 bits per heavy atom. The second-order valence-electron chi connectivity index (χ2n) is 13.7. The van der Waals surface area contributed by atoms with Crippen LogP contribution < -0.4 is 4.90 Å². The minimum Gasteiger partial charge on any atom is -0.507 e. The number of rotatable bonds is 2. The van der Waals surface area contributed by atoms with Gasteiger partial charge in [-0.05, 0) is 93.1 Å². The van der Waals surface area contributed by atoms with Crippen LogP contribution in [0.5, 0.6) is 5.75 Å². The summed E-state index contributed by atoms with van der Waals surface area (Å²) < 4.78 is 5.53. The van der Waals surface area contributed by atoms with Crippen LogP contribution in [0.15, 0.2) is 72.8 Å². The predicted molar refractivity (Wildman–Crippen MR) is 162 cm³/mol. The maximum atomic E-state index is 11.4. The fourth-order valence-corrected chi connectivity index (χ4v) is 8.70. The van der Waals surface area contributed by atoms with Crippen molar-refractivity contribution in [3.63, 3.8) is 0 Å². The lowest BCUT2D eigenvalue weighted by molar-refractivity contribution is 0.0645. The highest BCUT2D eigenvalue weighted by Crippen LogP contribution is 2.64. The topological polar surface area (TPSA) is 32.7 Å². The second-order valence-corrected chi connectivity index (χ2v) is 13.7. The molecule has 3 nitrogen and oxygen atoms in total. The molecule has 0 amide bonds. The summed E-state index contributed by atoms with van der Waals surface area (Å²) in [6.07, 6.45) is 3.41. The Hall–Kier alpha value is -3.30. The first-order valence-electron chi connectivity index (χ1n) is 14.5. The van der Waals surface area contributed by atoms with Crippen molar-refractivity contribution in [2.45, 2.75) is 52.4 Å². The molecule has 0 atom stereocenters. The number of aromatic hydroxyl groups is 1. The van der Waals surface area contributed by atoms with Crippen molar-refractivity contribution in [2.75, 3.05) is 31.2 Å². The van der Waals surface area contributed by atoms with Gasteiger partial charge in [0.15, 0.2) is 0 Å². The number of nitrogens with zero attached hydrogens (tertiary/aromatic N) is 1. The van der Waals surface area contributed by atoms with E-state index in [4.69, 9.17) is 4.74 Å². The highest BCUT2D eigenvalue weighted by atomic mass is 16.5. The molecule has 4 aromatic carbocycles. The van der Waals surface area contributed by atoms with Crippen LogP contribution in [0.1, 0.15) is 58.1 Å². The van der Waals surface area contributed by atoms with Crippen molar-refractivity contribution in [1.29, 1.82) is 0 Å². The molecule has 1 N–H and O–H groups in total. The fraction of sp³-hybridized carbons (Fsp3) is 0.389. The van der Waals surface area contributed by atoms with E-state index >= 15 is 0 Å². The van der Waals surface area contributed by atoms with Crippen molar-refractivity contribution < 1.29 is 9.84 Å². The Kier molecular flexibility index (Phi) is 5.45. The number of hydrogen-bond acceptors (Lipinski definition) is 3. The van der Waals surface area contributed by atoms with E-state index < -0.39 is 0 Å². The highest BCUT2D eigenvalue weighted by Gasteiger charge is 2.53. The molecule has 3 heteroatoms. The smallest absolute Gasteiger partial charge is 0.123 e. The summed E-state index contributed by atoms with van der Waals surface area (Å²) >= 11 is 0. The van der Waals surface area contributed by atoms with Crippen LogP contribution in [0.2, 0.25) is 0 Å². The molecular formula is C36H39NO2. The average molecular weight is 518 g/mol. The number of phenols is 1. The normalized spacial score (nSPS) is 20.7. The molecule has 0 aromatic heterocycles. The Balaban J connectivity index is 1.40. The molecule has 1 heterocycles. The van der Waals surface area contributed by atoms with Crippen LogP contribution in [0.25, 0.3) is 33.0 Å². The standard InChI is InChI=1S/C36H39NO2/c1-34(2)21-35(3,4)23-36(22-34)30-8-6-5-7-28(30)33-29-19-25(11-14-27(29)32(38)20-31(33)36)24-9-12-26(13-10-24)37-15-17-39-18-16-37/h5-14,19-20,38H,15-18,21-23H2,1-4H3. The van der Waals surface area contributed by atoms with E-state index in [2.05, 4.69) is 105 Å². The summed E-state index contributed by atoms with van der Waals surface area (Å²) in [5, 5.41) is 13.5. The molecule has 1 saturated carbocycles. The van der Waals surface area contributed by atoms with Crippen LogP contribution in [0, 0.1) is 10.8 Å². The van der Waals surface area contributed by atoms with Gasteiger partial charge >= 0.3 is 0 Å². The van der Waals surface area contributed by atoms with E-state index in [0.29, 0.717) is 5.75 Å². The minimum absolute atomic E-state index is 0.0847. The van der Waals surface area contributed by atoms with Crippen molar-refractivity contribution in [2.24, 2.45) is 10.8 Å². The number of phenolic OH excluding ortho intramolecular Hbond substituents is 1. The van der Waals surface area contributed by atoms with E-state index in [9.17, 15) is 5.11 Å². The first-order valence-corrected chi connectivity index (χ1v) is 14.5. The van der Waals surface area contributed by atoms with Gasteiger partial charge < -0.3 is 14.7 Å². The molecule has 1 saturated heterocycles. The van der Waals surface area contributed by atoms with E-state index in [1.54, 1.807) is 0 Å². The molecule has 0 unspecified atom stereocenters. The zero-order chi connectivity index (χ0) is 27.0. The SMILES string of the molecule is CC1(C)CC(C)(C)CC2(C1)c1ccccc1-c1c2cc(O)c2ccc(-c3ccc(N4CCOCC4)cc3)cc12. The van der Waals surface area contributed by atoms with Gasteiger partial charge in [-0.2, -0.15) is 0 Å². The zero-order valence-corrected chi connectivity index (χ0v) is 23.7. The fourth-order valence-electron chi connectivity index (χ4n) is 8.70. The van der Waals surface area contributed by atoms with Gasteiger partial charge in [-0.25, -0.2) is 0 Å². The molecule has 39 heavy (non-hydrogen) atoms. The summed E-state index contributed by atoms with van der Waals surface area (Å²) in [5.74, 6) is 0.395. The van der Waals surface area contributed by atoms with Gasteiger partial charge in [0.05, 0.1) is 13.2 Å². The van der Waals surface area contributed by atoms with Gasteiger partial charge in [0, 0.05) is 29.6 Å². The summed E-state index contributed by atoms with van der Waals surface area (Å²) in [4.78, 5) is 2.39.